The number of imidazole rings is 1. The number of H-pyrrole nitrogens is 1. The molecule has 0 atom stereocenters. The number of nitrogens with zero attached hydrogens (tertiary/aromatic N) is 1. The predicted molar refractivity (Wildman–Crippen MR) is 72.0 cm³/mol. The number of rotatable bonds is 3. The molecular weight excluding hydrogens is 282 g/mol. The minimum atomic E-state index is -0.780. The number of halogens is 2. The van der Waals surface area contributed by atoms with E-state index in [-0.39, 0.29) is 10.5 Å². The molecule has 0 bridgehead atoms. The van der Waals surface area contributed by atoms with E-state index in [9.17, 15) is 13.6 Å². The highest BCUT2D eigenvalue weighted by atomic mass is 32.2. The molecule has 0 aliphatic carbocycles. The van der Waals surface area contributed by atoms with Crippen molar-refractivity contribution in [1.82, 2.24) is 9.97 Å². The largest absolute Gasteiger partial charge is 0.333 e. The van der Waals surface area contributed by atoms with E-state index in [2.05, 4.69) is 9.97 Å². The fourth-order valence-electron chi connectivity index (χ4n) is 1.82. The molecule has 3 aromatic rings. The van der Waals surface area contributed by atoms with Crippen LogP contribution in [0.15, 0.2) is 46.5 Å². The standard InChI is InChI=1S/C14H8F2N2OS/c15-9-5-8(7-19)6-10(16)13(9)20-14-17-11-3-1-2-4-12(11)18-14/h1-7H,(H,17,18). The smallest absolute Gasteiger partial charge is 0.171 e. The lowest BCUT2D eigenvalue weighted by molar-refractivity contribution is 0.112. The summed E-state index contributed by atoms with van der Waals surface area (Å²) < 4.78 is 27.6. The van der Waals surface area contributed by atoms with Gasteiger partial charge in [-0.2, -0.15) is 0 Å². The first-order valence-corrected chi connectivity index (χ1v) is 6.56. The van der Waals surface area contributed by atoms with Crippen molar-refractivity contribution in [3.05, 3.63) is 53.6 Å². The quantitative estimate of drug-likeness (QED) is 0.746. The summed E-state index contributed by atoms with van der Waals surface area (Å²) in [5.41, 5.74) is 1.48. The van der Waals surface area contributed by atoms with Crippen molar-refractivity contribution in [2.75, 3.05) is 0 Å². The maximum Gasteiger partial charge on any atom is 0.171 e. The Labute approximate surface area is 117 Å². The molecule has 6 heteroatoms. The van der Waals surface area contributed by atoms with Gasteiger partial charge in [-0.15, -0.1) is 0 Å². The Hall–Kier alpha value is -2.21. The van der Waals surface area contributed by atoms with Crippen LogP contribution in [-0.2, 0) is 0 Å². The number of hydrogen-bond acceptors (Lipinski definition) is 3. The SMILES string of the molecule is O=Cc1cc(F)c(Sc2nc3ccccc3[nH]2)c(F)c1. The van der Waals surface area contributed by atoms with E-state index < -0.39 is 11.6 Å². The normalized spacial score (nSPS) is 10.9. The summed E-state index contributed by atoms with van der Waals surface area (Å²) in [5.74, 6) is -1.56. The molecule has 20 heavy (non-hydrogen) atoms. The van der Waals surface area contributed by atoms with E-state index in [1.807, 2.05) is 18.2 Å². The van der Waals surface area contributed by atoms with Crippen molar-refractivity contribution >= 4 is 29.1 Å². The molecule has 2 aromatic carbocycles. The van der Waals surface area contributed by atoms with Crippen LogP contribution in [-0.4, -0.2) is 16.3 Å². The third-order valence-electron chi connectivity index (χ3n) is 2.72. The zero-order chi connectivity index (χ0) is 14.1. The van der Waals surface area contributed by atoms with Crippen molar-refractivity contribution in [3.8, 4) is 0 Å². The molecule has 0 saturated carbocycles. The third-order valence-corrected chi connectivity index (χ3v) is 3.70. The Morgan fingerprint density at radius 1 is 1.15 bits per heavy atom. The fraction of sp³-hybridized carbons (Fsp3) is 0. The summed E-state index contributed by atoms with van der Waals surface area (Å²) in [6.07, 6.45) is 0.405. The molecule has 100 valence electrons. The first-order chi connectivity index (χ1) is 9.67. The lowest BCUT2D eigenvalue weighted by Crippen LogP contribution is -1.92. The summed E-state index contributed by atoms with van der Waals surface area (Å²) >= 11 is 0.853. The molecule has 1 heterocycles. The molecule has 1 N–H and O–H groups in total. The highest BCUT2D eigenvalue weighted by Gasteiger charge is 2.14. The summed E-state index contributed by atoms with van der Waals surface area (Å²) in [4.78, 5) is 17.6. The van der Waals surface area contributed by atoms with Crippen LogP contribution in [0.3, 0.4) is 0 Å². The van der Waals surface area contributed by atoms with Gasteiger partial charge in [0.15, 0.2) is 5.16 Å². The summed E-state index contributed by atoms with van der Waals surface area (Å²) in [6, 6.07) is 9.31. The number of hydrogen-bond donors (Lipinski definition) is 1. The number of aldehydes is 1. The van der Waals surface area contributed by atoms with Crippen LogP contribution in [0.2, 0.25) is 0 Å². The second-order valence-corrected chi connectivity index (χ2v) is 5.09. The summed E-state index contributed by atoms with van der Waals surface area (Å²) in [6.45, 7) is 0. The number of nitrogens with one attached hydrogen (secondary N) is 1. The van der Waals surface area contributed by atoms with Crippen LogP contribution < -0.4 is 0 Å². The first-order valence-electron chi connectivity index (χ1n) is 5.74. The second kappa shape index (κ2) is 5.05. The van der Waals surface area contributed by atoms with E-state index in [0.717, 1.165) is 34.9 Å². The molecule has 0 spiro atoms. The molecule has 0 saturated heterocycles. The van der Waals surface area contributed by atoms with Gasteiger partial charge >= 0.3 is 0 Å². The highest BCUT2D eigenvalue weighted by Crippen LogP contribution is 2.31. The minimum Gasteiger partial charge on any atom is -0.333 e. The van der Waals surface area contributed by atoms with Crippen LogP contribution in [0, 0.1) is 11.6 Å². The van der Waals surface area contributed by atoms with Gasteiger partial charge in [0.25, 0.3) is 0 Å². The van der Waals surface area contributed by atoms with Gasteiger partial charge in [-0.1, -0.05) is 12.1 Å². The summed E-state index contributed by atoms with van der Waals surface area (Å²) in [5, 5.41) is 0.392. The molecule has 0 aliphatic heterocycles. The first kappa shape index (κ1) is 12.8. The number of aromatic nitrogens is 2. The van der Waals surface area contributed by atoms with Crippen molar-refractivity contribution in [2.24, 2.45) is 0 Å². The molecule has 0 radical (unpaired) electrons. The lowest BCUT2D eigenvalue weighted by atomic mass is 10.2. The van der Waals surface area contributed by atoms with E-state index in [4.69, 9.17) is 0 Å². The molecular formula is C14H8F2N2OS. The molecule has 0 amide bonds. The Bertz CT molecular complexity index is 745. The van der Waals surface area contributed by atoms with Crippen LogP contribution in [0.1, 0.15) is 10.4 Å². The Morgan fingerprint density at radius 3 is 2.50 bits per heavy atom. The van der Waals surface area contributed by atoms with Crippen molar-refractivity contribution < 1.29 is 13.6 Å². The Balaban J connectivity index is 2.00. The summed E-state index contributed by atoms with van der Waals surface area (Å²) in [7, 11) is 0. The van der Waals surface area contributed by atoms with E-state index in [0.29, 0.717) is 11.4 Å². The van der Waals surface area contributed by atoms with Gasteiger partial charge in [-0.3, -0.25) is 4.79 Å². The van der Waals surface area contributed by atoms with Crippen LogP contribution in [0.4, 0.5) is 8.78 Å². The second-order valence-electron chi connectivity index (χ2n) is 4.09. The minimum absolute atomic E-state index is 0.0334. The number of fused-ring (bicyclic) bond motifs is 1. The zero-order valence-corrected chi connectivity index (χ0v) is 10.9. The average molecular weight is 290 g/mol. The zero-order valence-electron chi connectivity index (χ0n) is 10.1. The molecule has 3 nitrogen and oxygen atoms in total. The van der Waals surface area contributed by atoms with E-state index in [1.165, 1.54) is 0 Å². The van der Waals surface area contributed by atoms with Crippen molar-refractivity contribution in [3.63, 3.8) is 0 Å². The van der Waals surface area contributed by atoms with Gasteiger partial charge in [0.05, 0.1) is 15.9 Å². The van der Waals surface area contributed by atoms with Gasteiger partial charge < -0.3 is 4.98 Å². The number of benzene rings is 2. The molecule has 0 aliphatic rings. The van der Waals surface area contributed by atoms with Gasteiger partial charge in [0.1, 0.15) is 17.9 Å². The van der Waals surface area contributed by atoms with Crippen LogP contribution in [0.5, 0.6) is 0 Å². The van der Waals surface area contributed by atoms with Crippen LogP contribution in [0.25, 0.3) is 11.0 Å². The van der Waals surface area contributed by atoms with E-state index in [1.54, 1.807) is 6.07 Å². The Kier molecular flexibility index (Phi) is 3.23. The topological polar surface area (TPSA) is 45.8 Å². The van der Waals surface area contributed by atoms with Gasteiger partial charge in [-0.25, -0.2) is 13.8 Å². The molecule has 0 unspecified atom stereocenters. The number of carbonyl (C=O) groups excluding carboxylic acids is 1. The fourth-order valence-corrected chi connectivity index (χ4v) is 2.63. The lowest BCUT2D eigenvalue weighted by Gasteiger charge is -2.03. The predicted octanol–water partition coefficient (Wildman–Crippen LogP) is 3.80. The van der Waals surface area contributed by atoms with Crippen LogP contribution >= 0.6 is 11.8 Å². The maximum atomic E-state index is 13.8. The number of para-hydroxylation sites is 2. The third kappa shape index (κ3) is 2.30. The Morgan fingerprint density at radius 2 is 1.85 bits per heavy atom. The molecule has 1 aromatic heterocycles. The van der Waals surface area contributed by atoms with Crippen molar-refractivity contribution in [2.45, 2.75) is 10.1 Å². The maximum absolute atomic E-state index is 13.8. The van der Waals surface area contributed by atoms with Crippen molar-refractivity contribution in [1.29, 1.82) is 0 Å². The highest BCUT2D eigenvalue weighted by molar-refractivity contribution is 7.99. The average Bonchev–Trinajstić information content (AvgIpc) is 2.85. The number of carbonyl (C=O) groups is 1. The van der Waals surface area contributed by atoms with E-state index >= 15 is 0 Å². The van der Waals surface area contributed by atoms with Gasteiger partial charge in [0.2, 0.25) is 0 Å². The van der Waals surface area contributed by atoms with Gasteiger partial charge in [-0.05, 0) is 36.0 Å². The monoisotopic (exact) mass is 290 g/mol. The molecule has 0 fully saturated rings. The molecule has 3 rings (SSSR count). The number of aromatic amines is 1. The van der Waals surface area contributed by atoms with Gasteiger partial charge in [0, 0.05) is 5.56 Å².